The lowest BCUT2D eigenvalue weighted by Crippen LogP contribution is -2.28. The molecule has 2 nitrogen and oxygen atoms in total. The predicted octanol–water partition coefficient (Wildman–Crippen LogP) is 3.08. The fraction of sp³-hybridized carbons (Fsp3) is 0.500. The van der Waals surface area contributed by atoms with Crippen molar-refractivity contribution in [1.29, 1.82) is 0 Å². The molecule has 1 aliphatic rings. The zero-order valence-electron chi connectivity index (χ0n) is 11.6. The molecule has 0 radical (unpaired) electrons. The normalized spacial score (nSPS) is 16.4. The number of nitrogens with zero attached hydrogens (tertiary/aromatic N) is 2. The van der Waals surface area contributed by atoms with Crippen LogP contribution in [0, 0.1) is 0 Å². The number of hydrogen-bond donors (Lipinski definition) is 0. The highest BCUT2D eigenvalue weighted by Crippen LogP contribution is 2.30. The van der Waals surface area contributed by atoms with Crippen LogP contribution in [0.2, 0.25) is 0 Å². The van der Waals surface area contributed by atoms with E-state index in [0.29, 0.717) is 6.04 Å². The minimum atomic E-state index is 0.564. The molecule has 1 aromatic carbocycles. The summed E-state index contributed by atoms with van der Waals surface area (Å²) in [6, 6.07) is 7.51. The van der Waals surface area contributed by atoms with E-state index in [4.69, 9.17) is 0 Å². The molecule has 1 heterocycles. The average molecular weight is 242 g/mol. The van der Waals surface area contributed by atoms with E-state index in [9.17, 15) is 0 Å². The van der Waals surface area contributed by atoms with E-state index in [-0.39, 0.29) is 0 Å². The van der Waals surface area contributed by atoms with Gasteiger partial charge >= 0.3 is 0 Å². The highest BCUT2D eigenvalue weighted by molar-refractivity contribution is 5.85. The van der Waals surface area contributed by atoms with Gasteiger partial charge in [0.15, 0.2) is 0 Å². The number of aryl methyl sites for hydroxylation is 2. The van der Waals surface area contributed by atoms with Crippen LogP contribution in [-0.4, -0.2) is 29.6 Å². The molecule has 1 aliphatic carbocycles. The first-order chi connectivity index (χ1) is 8.66. The molecule has 0 saturated heterocycles. The molecule has 0 aliphatic heterocycles. The van der Waals surface area contributed by atoms with Crippen molar-refractivity contribution in [3.63, 3.8) is 0 Å². The molecule has 1 aromatic heterocycles. The van der Waals surface area contributed by atoms with Crippen LogP contribution in [-0.2, 0) is 19.4 Å². The Morgan fingerprint density at radius 1 is 1.22 bits per heavy atom. The number of hydrogen-bond acceptors (Lipinski definition) is 1. The molecule has 0 saturated carbocycles. The fourth-order valence-electron chi connectivity index (χ4n) is 2.97. The van der Waals surface area contributed by atoms with E-state index in [2.05, 4.69) is 54.9 Å². The molecule has 2 aromatic rings. The molecular weight excluding hydrogens is 220 g/mol. The minimum Gasteiger partial charge on any atom is -0.346 e. The first-order valence-corrected chi connectivity index (χ1v) is 6.93. The van der Waals surface area contributed by atoms with Gasteiger partial charge in [-0.1, -0.05) is 6.07 Å². The third-order valence-corrected chi connectivity index (χ3v) is 4.38. The molecule has 3 rings (SSSR count). The summed E-state index contributed by atoms with van der Waals surface area (Å²) in [4.78, 5) is 2.28. The Morgan fingerprint density at radius 2 is 2.06 bits per heavy atom. The lowest BCUT2D eigenvalue weighted by molar-refractivity contribution is 0.286. The molecular formula is C16H22N2. The zero-order valence-corrected chi connectivity index (χ0v) is 11.6. The van der Waals surface area contributed by atoms with Crippen LogP contribution in [0.3, 0.4) is 0 Å². The Hall–Kier alpha value is -1.28. The number of likely N-dealkylation sites (N-methyl/N-ethyl adjacent to an activating group) is 1. The van der Waals surface area contributed by atoms with E-state index in [1.165, 1.54) is 30.2 Å². The highest BCUT2D eigenvalue weighted by atomic mass is 15.1. The molecule has 18 heavy (non-hydrogen) atoms. The number of aromatic nitrogens is 1. The second kappa shape index (κ2) is 4.43. The summed E-state index contributed by atoms with van der Waals surface area (Å²) < 4.78 is 2.40. The number of fused-ring (bicyclic) bond motifs is 3. The van der Waals surface area contributed by atoms with Gasteiger partial charge in [0.1, 0.15) is 0 Å². The topological polar surface area (TPSA) is 8.17 Å². The molecule has 1 atom stereocenters. The summed E-state index contributed by atoms with van der Waals surface area (Å²) in [7, 11) is 4.29. The van der Waals surface area contributed by atoms with Crippen LogP contribution in [0.15, 0.2) is 24.4 Å². The van der Waals surface area contributed by atoms with E-state index in [0.717, 1.165) is 6.54 Å². The average Bonchev–Trinajstić information content (AvgIpc) is 2.94. The molecule has 0 amide bonds. The quantitative estimate of drug-likeness (QED) is 0.803. The Bertz CT molecular complexity index is 566. The van der Waals surface area contributed by atoms with E-state index in [1.807, 2.05) is 0 Å². The number of rotatable bonds is 3. The van der Waals surface area contributed by atoms with Gasteiger partial charge in [-0.05, 0) is 63.5 Å². The van der Waals surface area contributed by atoms with Crippen molar-refractivity contribution < 1.29 is 0 Å². The van der Waals surface area contributed by atoms with Crippen LogP contribution in [0.5, 0.6) is 0 Å². The molecule has 0 fully saturated rings. The van der Waals surface area contributed by atoms with Crippen LogP contribution in [0.1, 0.15) is 24.5 Å². The molecule has 96 valence electrons. The van der Waals surface area contributed by atoms with Crippen molar-refractivity contribution in [2.24, 2.45) is 0 Å². The summed E-state index contributed by atoms with van der Waals surface area (Å²) in [6.45, 7) is 3.34. The van der Waals surface area contributed by atoms with Crippen LogP contribution in [0.4, 0.5) is 0 Å². The minimum absolute atomic E-state index is 0.564. The second-order valence-corrected chi connectivity index (χ2v) is 5.77. The van der Waals surface area contributed by atoms with E-state index in [1.54, 1.807) is 11.1 Å². The molecule has 0 bridgehead atoms. The standard InChI is InChI=1S/C16H22N2/c1-12(17(2)3)11-18-10-9-15-14-6-4-5-13(14)7-8-16(15)18/h7-10,12H,4-6,11H2,1-3H3/t12-/m1/s1. The van der Waals surface area contributed by atoms with Crippen molar-refractivity contribution in [3.05, 3.63) is 35.5 Å². The Morgan fingerprint density at radius 3 is 2.83 bits per heavy atom. The fourth-order valence-corrected chi connectivity index (χ4v) is 2.97. The van der Waals surface area contributed by atoms with Crippen molar-refractivity contribution in [2.75, 3.05) is 14.1 Å². The maximum atomic E-state index is 2.40. The summed E-state index contributed by atoms with van der Waals surface area (Å²) in [5.41, 5.74) is 4.58. The molecule has 2 heteroatoms. The maximum absolute atomic E-state index is 2.40. The van der Waals surface area contributed by atoms with Gasteiger partial charge in [-0.3, -0.25) is 0 Å². The maximum Gasteiger partial charge on any atom is 0.0483 e. The smallest absolute Gasteiger partial charge is 0.0483 e. The van der Waals surface area contributed by atoms with Gasteiger partial charge in [0.2, 0.25) is 0 Å². The summed E-state index contributed by atoms with van der Waals surface area (Å²) >= 11 is 0. The molecule has 0 spiro atoms. The van der Waals surface area contributed by atoms with E-state index >= 15 is 0 Å². The van der Waals surface area contributed by atoms with Gasteiger partial charge in [-0.15, -0.1) is 0 Å². The molecule has 0 unspecified atom stereocenters. The van der Waals surface area contributed by atoms with Gasteiger partial charge in [-0.2, -0.15) is 0 Å². The third kappa shape index (κ3) is 1.85. The van der Waals surface area contributed by atoms with Crippen molar-refractivity contribution in [1.82, 2.24) is 9.47 Å². The van der Waals surface area contributed by atoms with Gasteiger partial charge in [0.25, 0.3) is 0 Å². The van der Waals surface area contributed by atoms with Gasteiger partial charge < -0.3 is 9.47 Å². The third-order valence-electron chi connectivity index (χ3n) is 4.38. The molecule has 0 N–H and O–H groups in total. The number of benzene rings is 1. The zero-order chi connectivity index (χ0) is 12.7. The lowest BCUT2D eigenvalue weighted by atomic mass is 10.1. The SMILES string of the molecule is C[C@H](Cn1ccc2c3c(ccc21)CCC3)N(C)C. The van der Waals surface area contributed by atoms with Gasteiger partial charge in [0.05, 0.1) is 0 Å². The van der Waals surface area contributed by atoms with Crippen molar-refractivity contribution in [3.8, 4) is 0 Å². The van der Waals surface area contributed by atoms with Crippen molar-refractivity contribution in [2.45, 2.75) is 38.8 Å². The Kier molecular flexibility index (Phi) is 2.90. The predicted molar refractivity (Wildman–Crippen MR) is 77.1 cm³/mol. The van der Waals surface area contributed by atoms with Crippen molar-refractivity contribution >= 4 is 10.9 Å². The van der Waals surface area contributed by atoms with Gasteiger partial charge in [0, 0.05) is 29.7 Å². The summed E-state index contributed by atoms with van der Waals surface area (Å²) in [5.74, 6) is 0. The van der Waals surface area contributed by atoms with Crippen LogP contribution >= 0.6 is 0 Å². The monoisotopic (exact) mass is 242 g/mol. The van der Waals surface area contributed by atoms with E-state index < -0.39 is 0 Å². The Balaban J connectivity index is 2.00. The first-order valence-electron chi connectivity index (χ1n) is 6.93. The lowest BCUT2D eigenvalue weighted by Gasteiger charge is -2.20. The first kappa shape index (κ1) is 11.8. The second-order valence-electron chi connectivity index (χ2n) is 5.77. The van der Waals surface area contributed by atoms with Gasteiger partial charge in [-0.25, -0.2) is 0 Å². The highest BCUT2D eigenvalue weighted by Gasteiger charge is 2.16. The van der Waals surface area contributed by atoms with Crippen LogP contribution < -0.4 is 0 Å². The summed E-state index contributed by atoms with van der Waals surface area (Å²) in [6.07, 6.45) is 6.11. The Labute approximate surface area is 109 Å². The largest absolute Gasteiger partial charge is 0.346 e. The summed E-state index contributed by atoms with van der Waals surface area (Å²) in [5, 5.41) is 1.48. The van der Waals surface area contributed by atoms with Crippen LogP contribution in [0.25, 0.3) is 10.9 Å².